The molecule has 1 N–H and O–H groups in total. The summed E-state index contributed by atoms with van der Waals surface area (Å²) < 4.78 is 5.73. The molecular formula is C25H26N2O2S. The van der Waals surface area contributed by atoms with Crippen LogP contribution < -0.4 is 5.32 Å². The second-order valence-electron chi connectivity index (χ2n) is 8.22. The highest BCUT2D eigenvalue weighted by Crippen LogP contribution is 2.30. The van der Waals surface area contributed by atoms with Crippen LogP contribution in [0.2, 0.25) is 0 Å². The Labute approximate surface area is 180 Å². The van der Waals surface area contributed by atoms with Gasteiger partial charge in [0.2, 0.25) is 5.91 Å². The number of rotatable bonds is 6. The number of carbonyl (C=O) groups is 1. The molecule has 1 aliphatic rings. The van der Waals surface area contributed by atoms with Gasteiger partial charge in [-0.25, -0.2) is 0 Å². The number of nitrogens with zero attached hydrogens (tertiary/aromatic N) is 1. The maximum atomic E-state index is 12.7. The lowest BCUT2D eigenvalue weighted by Gasteiger charge is -2.32. The lowest BCUT2D eigenvalue weighted by atomic mass is 9.97. The van der Waals surface area contributed by atoms with E-state index in [-0.39, 0.29) is 5.91 Å². The first-order valence-corrected chi connectivity index (χ1v) is 11.5. The quantitative estimate of drug-likeness (QED) is 0.467. The highest BCUT2D eigenvalue weighted by molar-refractivity contribution is 7.09. The average Bonchev–Trinajstić information content (AvgIpc) is 3.43. The number of piperidine rings is 1. The normalized spacial score (nSPS) is 17.5. The summed E-state index contributed by atoms with van der Waals surface area (Å²) in [5, 5.41) is 8.68. The molecule has 30 heavy (non-hydrogen) atoms. The van der Waals surface area contributed by atoms with E-state index in [4.69, 9.17) is 4.42 Å². The summed E-state index contributed by atoms with van der Waals surface area (Å²) in [6.07, 6.45) is 4.47. The Morgan fingerprint density at radius 3 is 3.00 bits per heavy atom. The molecule has 1 fully saturated rings. The van der Waals surface area contributed by atoms with Gasteiger partial charge in [0.15, 0.2) is 0 Å². The summed E-state index contributed by atoms with van der Waals surface area (Å²) in [5.41, 5.74) is 1.80. The summed E-state index contributed by atoms with van der Waals surface area (Å²) in [4.78, 5) is 16.6. The third kappa shape index (κ3) is 4.13. The Balaban J connectivity index is 1.21. The Hall–Kier alpha value is -2.63. The zero-order chi connectivity index (χ0) is 20.3. The highest BCUT2D eigenvalue weighted by atomic mass is 32.1. The number of benzene rings is 2. The fourth-order valence-electron chi connectivity index (χ4n) is 4.58. The summed E-state index contributed by atoms with van der Waals surface area (Å²) in [5.74, 6) is 0.589. The van der Waals surface area contributed by atoms with E-state index in [9.17, 15) is 4.79 Å². The molecule has 1 atom stereocenters. The number of hydrogen-bond acceptors (Lipinski definition) is 4. The van der Waals surface area contributed by atoms with Gasteiger partial charge >= 0.3 is 0 Å². The van der Waals surface area contributed by atoms with E-state index in [2.05, 4.69) is 45.9 Å². The zero-order valence-corrected chi connectivity index (χ0v) is 17.8. The van der Waals surface area contributed by atoms with Gasteiger partial charge in [0, 0.05) is 35.5 Å². The molecule has 5 heteroatoms. The topological polar surface area (TPSA) is 45.5 Å². The second kappa shape index (κ2) is 8.62. The van der Waals surface area contributed by atoms with Gasteiger partial charge in [-0.05, 0) is 53.6 Å². The molecule has 2 aromatic carbocycles. The minimum absolute atomic E-state index is 0.0704. The van der Waals surface area contributed by atoms with Crippen LogP contribution in [0.3, 0.4) is 0 Å². The van der Waals surface area contributed by atoms with Crippen LogP contribution in [0.1, 0.15) is 23.3 Å². The largest absolute Gasteiger partial charge is 0.464 e. The Morgan fingerprint density at radius 1 is 1.17 bits per heavy atom. The van der Waals surface area contributed by atoms with Crippen LogP contribution in [0.15, 0.2) is 64.6 Å². The fraction of sp³-hybridized carbons (Fsp3) is 0.320. The third-order valence-corrected chi connectivity index (χ3v) is 6.90. The van der Waals surface area contributed by atoms with E-state index in [0.29, 0.717) is 12.3 Å². The van der Waals surface area contributed by atoms with Crippen molar-refractivity contribution in [2.45, 2.75) is 25.8 Å². The van der Waals surface area contributed by atoms with Gasteiger partial charge in [-0.3, -0.25) is 9.69 Å². The zero-order valence-electron chi connectivity index (χ0n) is 17.0. The summed E-state index contributed by atoms with van der Waals surface area (Å²) in [6, 6.07) is 16.6. The number of fused-ring (bicyclic) bond motifs is 3. The van der Waals surface area contributed by atoms with Crippen molar-refractivity contribution < 1.29 is 9.21 Å². The molecular weight excluding hydrogens is 392 g/mol. The van der Waals surface area contributed by atoms with Crippen molar-refractivity contribution in [2.75, 3.05) is 19.6 Å². The smallest absolute Gasteiger partial charge is 0.224 e. The van der Waals surface area contributed by atoms with Crippen molar-refractivity contribution in [1.82, 2.24) is 10.2 Å². The predicted octanol–water partition coefficient (Wildman–Crippen LogP) is 5.22. The van der Waals surface area contributed by atoms with E-state index in [1.165, 1.54) is 23.1 Å². The van der Waals surface area contributed by atoms with Crippen molar-refractivity contribution >= 4 is 39.0 Å². The Morgan fingerprint density at radius 2 is 2.10 bits per heavy atom. The first-order chi connectivity index (χ1) is 14.8. The molecule has 1 saturated heterocycles. The van der Waals surface area contributed by atoms with Gasteiger partial charge in [0.25, 0.3) is 0 Å². The molecule has 0 radical (unpaired) electrons. The van der Waals surface area contributed by atoms with Gasteiger partial charge in [0.1, 0.15) is 5.58 Å². The maximum absolute atomic E-state index is 12.7. The molecule has 5 rings (SSSR count). The van der Waals surface area contributed by atoms with Crippen LogP contribution in [0.25, 0.3) is 21.7 Å². The molecule has 2 aromatic heterocycles. The lowest BCUT2D eigenvalue weighted by molar-refractivity contribution is -0.120. The molecule has 4 nitrogen and oxygen atoms in total. The van der Waals surface area contributed by atoms with E-state index >= 15 is 0 Å². The van der Waals surface area contributed by atoms with Crippen LogP contribution in [0.5, 0.6) is 0 Å². The van der Waals surface area contributed by atoms with E-state index < -0.39 is 0 Å². The van der Waals surface area contributed by atoms with Crippen LogP contribution in [-0.4, -0.2) is 30.4 Å². The van der Waals surface area contributed by atoms with E-state index in [1.54, 1.807) is 6.26 Å². The van der Waals surface area contributed by atoms with Gasteiger partial charge < -0.3 is 9.73 Å². The molecule has 0 bridgehead atoms. The van der Waals surface area contributed by atoms with E-state index in [0.717, 1.165) is 48.1 Å². The predicted molar refractivity (Wildman–Crippen MR) is 123 cm³/mol. The summed E-state index contributed by atoms with van der Waals surface area (Å²) >= 11 is 1.82. The maximum Gasteiger partial charge on any atom is 0.224 e. The van der Waals surface area contributed by atoms with Crippen molar-refractivity contribution in [1.29, 1.82) is 0 Å². The lowest BCUT2D eigenvalue weighted by Crippen LogP contribution is -2.40. The van der Waals surface area contributed by atoms with Crippen LogP contribution >= 0.6 is 11.3 Å². The highest BCUT2D eigenvalue weighted by Gasteiger charge is 2.21. The fourth-order valence-corrected chi connectivity index (χ4v) is 5.33. The second-order valence-corrected chi connectivity index (χ2v) is 9.26. The molecule has 4 aromatic rings. The minimum atomic E-state index is 0.0704. The van der Waals surface area contributed by atoms with Crippen molar-refractivity contribution in [3.8, 4) is 0 Å². The van der Waals surface area contributed by atoms with Gasteiger partial charge in [-0.15, -0.1) is 11.3 Å². The SMILES string of the molecule is O=C(Cc1coc2ccc3ccccc3c12)NCC1CCCN(Cc2cccs2)C1. The number of carbonyl (C=O) groups excluding carboxylic acids is 1. The van der Waals surface area contributed by atoms with Crippen molar-refractivity contribution in [2.24, 2.45) is 5.92 Å². The molecule has 1 unspecified atom stereocenters. The number of furan rings is 1. The number of likely N-dealkylation sites (tertiary alicyclic amines) is 1. The van der Waals surface area contributed by atoms with Crippen molar-refractivity contribution in [3.63, 3.8) is 0 Å². The molecule has 1 aliphatic heterocycles. The molecule has 1 amide bonds. The first-order valence-electron chi connectivity index (χ1n) is 10.7. The van der Waals surface area contributed by atoms with Crippen LogP contribution in [0, 0.1) is 5.92 Å². The van der Waals surface area contributed by atoms with Gasteiger partial charge in [-0.2, -0.15) is 0 Å². The molecule has 3 heterocycles. The summed E-state index contributed by atoms with van der Waals surface area (Å²) in [6.45, 7) is 3.97. The standard InChI is InChI=1S/C25H26N2O2S/c28-24(26-14-18-5-3-11-27(15-18)16-21-7-4-12-30-21)13-20-17-29-23-10-9-19-6-1-2-8-22(19)25(20)23/h1-2,4,6-10,12,17-18H,3,5,11,13-16H2,(H,26,28). The van der Waals surface area contributed by atoms with Crippen molar-refractivity contribution in [3.05, 3.63) is 70.6 Å². The number of amides is 1. The third-order valence-electron chi connectivity index (χ3n) is 6.04. The average molecular weight is 419 g/mol. The van der Waals surface area contributed by atoms with Gasteiger partial charge in [-0.1, -0.05) is 36.4 Å². The Bertz CT molecular complexity index is 1150. The molecule has 0 spiro atoms. The van der Waals surface area contributed by atoms with Crippen LogP contribution in [0.4, 0.5) is 0 Å². The number of hydrogen-bond donors (Lipinski definition) is 1. The monoisotopic (exact) mass is 418 g/mol. The van der Waals surface area contributed by atoms with Gasteiger partial charge in [0.05, 0.1) is 12.7 Å². The van der Waals surface area contributed by atoms with Crippen LogP contribution in [-0.2, 0) is 17.8 Å². The minimum Gasteiger partial charge on any atom is -0.464 e. The molecule has 0 aliphatic carbocycles. The Kier molecular flexibility index (Phi) is 5.56. The number of nitrogens with one attached hydrogen (secondary N) is 1. The number of thiophene rings is 1. The van der Waals surface area contributed by atoms with E-state index in [1.807, 2.05) is 29.5 Å². The first kappa shape index (κ1) is 19.3. The molecule has 154 valence electrons. The summed E-state index contributed by atoms with van der Waals surface area (Å²) in [7, 11) is 0. The molecule has 0 saturated carbocycles.